The van der Waals surface area contributed by atoms with Gasteiger partial charge >= 0.3 is 0 Å². The van der Waals surface area contributed by atoms with Crippen molar-refractivity contribution < 1.29 is 9.32 Å². The Morgan fingerprint density at radius 2 is 2.06 bits per heavy atom. The maximum atomic E-state index is 12.7. The number of unbranched alkanes of at least 4 members (excludes halogenated alkanes) is 2. The Labute approximate surface area is 189 Å². The molecule has 172 valence electrons. The van der Waals surface area contributed by atoms with Gasteiger partial charge in [0.15, 0.2) is 17.2 Å². The van der Waals surface area contributed by atoms with E-state index >= 15 is 0 Å². The maximum absolute atomic E-state index is 12.7. The summed E-state index contributed by atoms with van der Waals surface area (Å²) in [7, 11) is 2.17. The first-order valence-electron chi connectivity index (χ1n) is 12.0. The van der Waals surface area contributed by atoms with Gasteiger partial charge in [-0.3, -0.25) is 4.79 Å². The average Bonchev–Trinajstić information content (AvgIpc) is 3.48. The predicted octanol–water partition coefficient (Wildman–Crippen LogP) is 4.60. The lowest BCUT2D eigenvalue weighted by Crippen LogP contribution is -2.29. The van der Waals surface area contributed by atoms with Crippen molar-refractivity contribution in [2.75, 3.05) is 13.6 Å². The van der Waals surface area contributed by atoms with Crippen LogP contribution in [-0.2, 0) is 13.0 Å². The molecule has 1 saturated heterocycles. The van der Waals surface area contributed by atoms with Crippen molar-refractivity contribution in [3.63, 3.8) is 0 Å². The van der Waals surface area contributed by atoms with Crippen molar-refractivity contribution >= 4 is 16.8 Å². The van der Waals surface area contributed by atoms with Crippen LogP contribution < -0.4 is 0 Å². The van der Waals surface area contributed by atoms with Crippen LogP contribution in [0.2, 0.25) is 0 Å². The molecule has 3 aromatic heterocycles. The standard InChI is InChI=1S/C24H34N6O2/c1-5-7-11-18-21(28-32-22(18)20(31)12-8-6-2)23-25-14-19-16(3)27-30(24(19)26-23)15-17-10-9-13-29(17)4/h14,17H,5-13,15H2,1-4H3. The van der Waals surface area contributed by atoms with E-state index in [1.165, 1.54) is 12.8 Å². The molecule has 1 aliphatic heterocycles. The van der Waals surface area contributed by atoms with Crippen LogP contribution in [-0.4, -0.2) is 55.2 Å². The molecule has 0 aromatic carbocycles. The fraction of sp³-hybridized carbons (Fsp3) is 0.625. The molecule has 3 aromatic rings. The molecule has 0 saturated carbocycles. The Balaban J connectivity index is 1.71. The molecule has 8 nitrogen and oxygen atoms in total. The number of fused-ring (bicyclic) bond motifs is 1. The van der Waals surface area contributed by atoms with E-state index < -0.39 is 0 Å². The highest BCUT2D eigenvalue weighted by Crippen LogP contribution is 2.28. The smallest absolute Gasteiger partial charge is 0.206 e. The minimum atomic E-state index is 0.0166. The topological polar surface area (TPSA) is 89.9 Å². The fourth-order valence-corrected chi connectivity index (χ4v) is 4.50. The van der Waals surface area contributed by atoms with Gasteiger partial charge in [0, 0.05) is 24.2 Å². The van der Waals surface area contributed by atoms with Crippen LogP contribution in [0.4, 0.5) is 0 Å². The zero-order chi connectivity index (χ0) is 22.7. The van der Waals surface area contributed by atoms with Gasteiger partial charge in [-0.05, 0) is 52.6 Å². The van der Waals surface area contributed by atoms with Crippen molar-refractivity contribution in [1.82, 2.24) is 29.8 Å². The van der Waals surface area contributed by atoms with E-state index in [4.69, 9.17) is 14.6 Å². The van der Waals surface area contributed by atoms with E-state index in [2.05, 4.69) is 35.9 Å². The summed E-state index contributed by atoms with van der Waals surface area (Å²) in [4.78, 5) is 24.6. The van der Waals surface area contributed by atoms with E-state index in [-0.39, 0.29) is 5.78 Å². The Kier molecular flexibility index (Phi) is 6.98. The summed E-state index contributed by atoms with van der Waals surface area (Å²) in [5.74, 6) is 0.897. The molecule has 4 heterocycles. The largest absolute Gasteiger partial charge is 0.352 e. The van der Waals surface area contributed by atoms with Gasteiger partial charge in [-0.15, -0.1) is 0 Å². The minimum absolute atomic E-state index is 0.0166. The molecular weight excluding hydrogens is 404 g/mol. The summed E-state index contributed by atoms with van der Waals surface area (Å²) >= 11 is 0. The highest BCUT2D eigenvalue weighted by Gasteiger charge is 2.26. The molecule has 0 aliphatic carbocycles. The lowest BCUT2D eigenvalue weighted by Gasteiger charge is -2.19. The van der Waals surface area contributed by atoms with E-state index in [0.29, 0.717) is 29.7 Å². The summed E-state index contributed by atoms with van der Waals surface area (Å²) in [6, 6.07) is 0.464. The monoisotopic (exact) mass is 438 g/mol. The molecule has 1 unspecified atom stereocenters. The van der Waals surface area contributed by atoms with Crippen molar-refractivity contribution in [2.24, 2.45) is 0 Å². The molecule has 0 bridgehead atoms. The van der Waals surface area contributed by atoms with Crippen LogP contribution >= 0.6 is 0 Å². The van der Waals surface area contributed by atoms with Crippen molar-refractivity contribution in [2.45, 2.75) is 84.7 Å². The normalized spacial score (nSPS) is 16.9. The molecule has 0 N–H and O–H groups in total. The predicted molar refractivity (Wildman–Crippen MR) is 124 cm³/mol. The molecule has 0 amide bonds. The number of likely N-dealkylation sites (N-methyl/N-ethyl adjacent to an activating group) is 1. The third kappa shape index (κ3) is 4.46. The lowest BCUT2D eigenvalue weighted by atomic mass is 10.0. The third-order valence-electron chi connectivity index (χ3n) is 6.52. The fourth-order valence-electron chi connectivity index (χ4n) is 4.50. The molecule has 8 heteroatoms. The number of ketones is 1. The Hall–Kier alpha value is -2.61. The summed E-state index contributed by atoms with van der Waals surface area (Å²) in [6.45, 7) is 8.13. The summed E-state index contributed by atoms with van der Waals surface area (Å²) in [5, 5.41) is 9.97. The molecule has 1 atom stereocenters. The van der Waals surface area contributed by atoms with E-state index in [1.807, 2.05) is 17.8 Å². The number of carbonyl (C=O) groups is 1. The number of rotatable bonds is 10. The second-order valence-electron chi connectivity index (χ2n) is 8.94. The Morgan fingerprint density at radius 3 is 2.78 bits per heavy atom. The van der Waals surface area contributed by atoms with Crippen molar-refractivity contribution in [3.8, 4) is 11.5 Å². The highest BCUT2D eigenvalue weighted by molar-refractivity contribution is 5.96. The van der Waals surface area contributed by atoms with Crippen LogP contribution in [0.15, 0.2) is 10.7 Å². The van der Waals surface area contributed by atoms with Gasteiger partial charge in [-0.25, -0.2) is 14.6 Å². The highest BCUT2D eigenvalue weighted by atomic mass is 16.5. The van der Waals surface area contributed by atoms with Gasteiger partial charge in [0.1, 0.15) is 0 Å². The van der Waals surface area contributed by atoms with Gasteiger partial charge in [0.05, 0.1) is 17.6 Å². The van der Waals surface area contributed by atoms with E-state index in [1.54, 1.807) is 0 Å². The van der Waals surface area contributed by atoms with E-state index in [9.17, 15) is 4.79 Å². The maximum Gasteiger partial charge on any atom is 0.206 e. The Morgan fingerprint density at radius 1 is 1.25 bits per heavy atom. The van der Waals surface area contributed by atoms with E-state index in [0.717, 1.165) is 67.5 Å². The van der Waals surface area contributed by atoms with Gasteiger partial charge in [-0.2, -0.15) is 5.10 Å². The number of hydrogen-bond acceptors (Lipinski definition) is 7. The number of likely N-dealkylation sites (tertiary alicyclic amines) is 1. The van der Waals surface area contributed by atoms with Gasteiger partial charge < -0.3 is 9.42 Å². The Bertz CT molecular complexity index is 1090. The first-order valence-corrected chi connectivity index (χ1v) is 12.0. The number of hydrogen-bond donors (Lipinski definition) is 0. The number of Topliss-reactive ketones (excluding diaryl/α,β-unsaturated/α-hetero) is 1. The summed E-state index contributed by atoms with van der Waals surface area (Å²) < 4.78 is 7.57. The number of aryl methyl sites for hydroxylation is 1. The third-order valence-corrected chi connectivity index (χ3v) is 6.52. The summed E-state index contributed by atoms with van der Waals surface area (Å²) in [6.07, 6.45) is 9.21. The van der Waals surface area contributed by atoms with Crippen LogP contribution in [0, 0.1) is 6.92 Å². The van der Waals surface area contributed by atoms with Crippen molar-refractivity contribution in [3.05, 3.63) is 23.2 Å². The molecule has 1 aliphatic rings. The second kappa shape index (κ2) is 9.90. The quantitative estimate of drug-likeness (QED) is 0.427. The SMILES string of the molecule is CCCCC(=O)c1onc(-c2ncc3c(C)nn(CC4CCCN4C)c3n2)c1CCCC. The van der Waals surface area contributed by atoms with Crippen LogP contribution in [0.1, 0.15) is 80.6 Å². The molecule has 4 rings (SSSR count). The number of aromatic nitrogens is 5. The van der Waals surface area contributed by atoms with Gasteiger partial charge in [-0.1, -0.05) is 31.8 Å². The van der Waals surface area contributed by atoms with Crippen LogP contribution in [0.5, 0.6) is 0 Å². The molecule has 0 spiro atoms. The molecule has 32 heavy (non-hydrogen) atoms. The number of carbonyl (C=O) groups excluding carboxylic acids is 1. The molecule has 1 fully saturated rings. The zero-order valence-corrected chi connectivity index (χ0v) is 19.7. The average molecular weight is 439 g/mol. The summed E-state index contributed by atoms with van der Waals surface area (Å²) in [5.41, 5.74) is 3.17. The minimum Gasteiger partial charge on any atom is -0.352 e. The first-order chi connectivity index (χ1) is 15.5. The van der Waals surface area contributed by atoms with Crippen LogP contribution in [0.3, 0.4) is 0 Å². The molecule has 0 radical (unpaired) electrons. The first kappa shape index (κ1) is 22.6. The zero-order valence-electron chi connectivity index (χ0n) is 19.7. The van der Waals surface area contributed by atoms with Gasteiger partial charge in [0.2, 0.25) is 11.5 Å². The lowest BCUT2D eigenvalue weighted by molar-refractivity contribution is 0.0942. The van der Waals surface area contributed by atoms with Crippen LogP contribution in [0.25, 0.3) is 22.6 Å². The number of nitrogens with zero attached hydrogens (tertiary/aromatic N) is 6. The van der Waals surface area contributed by atoms with Gasteiger partial charge in [0.25, 0.3) is 0 Å². The van der Waals surface area contributed by atoms with Crippen molar-refractivity contribution in [1.29, 1.82) is 0 Å². The molecular formula is C24H34N6O2. The second-order valence-corrected chi connectivity index (χ2v) is 8.94.